The van der Waals surface area contributed by atoms with Crippen molar-refractivity contribution in [3.63, 3.8) is 0 Å². The number of aliphatic imine (C=N–C) groups is 1. The summed E-state index contributed by atoms with van der Waals surface area (Å²) in [5.41, 5.74) is 0.106. The van der Waals surface area contributed by atoms with Gasteiger partial charge in [-0.2, -0.15) is 0 Å². The third-order valence-electron chi connectivity index (χ3n) is 4.43. The minimum atomic E-state index is -2.94. The molecular formula is C18H37N3O3S. The summed E-state index contributed by atoms with van der Waals surface area (Å²) in [5, 5.41) is 6.57. The van der Waals surface area contributed by atoms with Crippen molar-refractivity contribution in [1.82, 2.24) is 10.6 Å². The summed E-state index contributed by atoms with van der Waals surface area (Å²) >= 11 is 0. The van der Waals surface area contributed by atoms with Crippen LogP contribution in [0.3, 0.4) is 0 Å². The topological polar surface area (TPSA) is 79.8 Å². The van der Waals surface area contributed by atoms with Gasteiger partial charge in [-0.3, -0.25) is 4.99 Å². The fourth-order valence-electron chi connectivity index (χ4n) is 3.21. The van der Waals surface area contributed by atoms with Gasteiger partial charge in [0.2, 0.25) is 0 Å². The molecule has 3 atom stereocenters. The maximum absolute atomic E-state index is 11.3. The van der Waals surface area contributed by atoms with E-state index in [1.54, 1.807) is 0 Å². The third-order valence-corrected chi connectivity index (χ3v) is 5.41. The predicted molar refractivity (Wildman–Crippen MR) is 105 cm³/mol. The molecule has 1 heterocycles. The van der Waals surface area contributed by atoms with Gasteiger partial charge in [0.15, 0.2) is 5.96 Å². The van der Waals surface area contributed by atoms with Crippen molar-refractivity contribution in [3.8, 4) is 0 Å². The number of hydrogen-bond donors (Lipinski definition) is 2. The Labute approximate surface area is 154 Å². The summed E-state index contributed by atoms with van der Waals surface area (Å²) in [6, 6.07) is 0.0496. The van der Waals surface area contributed by atoms with Crippen LogP contribution in [0.15, 0.2) is 4.99 Å². The number of sulfone groups is 1. The van der Waals surface area contributed by atoms with Crippen LogP contribution in [0.1, 0.15) is 53.9 Å². The molecule has 2 N–H and O–H groups in total. The molecule has 1 fully saturated rings. The Bertz CT molecular complexity index is 526. The van der Waals surface area contributed by atoms with Gasteiger partial charge >= 0.3 is 0 Å². The molecule has 1 rings (SSSR count). The van der Waals surface area contributed by atoms with Gasteiger partial charge in [0.1, 0.15) is 9.84 Å². The van der Waals surface area contributed by atoms with Crippen molar-refractivity contribution >= 4 is 15.8 Å². The van der Waals surface area contributed by atoms with E-state index in [4.69, 9.17) is 9.73 Å². The largest absolute Gasteiger partial charge is 0.377 e. The van der Waals surface area contributed by atoms with Gasteiger partial charge in [-0.05, 0) is 38.5 Å². The summed E-state index contributed by atoms with van der Waals surface area (Å²) in [4.78, 5) is 4.75. The Morgan fingerprint density at radius 3 is 2.60 bits per heavy atom. The van der Waals surface area contributed by atoms with Gasteiger partial charge in [-0.1, -0.05) is 20.8 Å². The first-order valence-electron chi connectivity index (χ1n) is 9.37. The Kier molecular flexibility index (Phi) is 8.68. The van der Waals surface area contributed by atoms with E-state index in [9.17, 15) is 8.42 Å². The van der Waals surface area contributed by atoms with Crippen LogP contribution in [-0.2, 0) is 14.6 Å². The SMILES string of the molecule is CCNC(=NCC1CCCOC1C(C)(C)C)NC(C)CCS(C)(=O)=O. The van der Waals surface area contributed by atoms with Gasteiger partial charge in [-0.15, -0.1) is 0 Å². The highest BCUT2D eigenvalue weighted by atomic mass is 32.2. The van der Waals surface area contributed by atoms with Crippen LogP contribution in [0.4, 0.5) is 0 Å². The molecule has 6 nitrogen and oxygen atoms in total. The molecule has 3 unspecified atom stereocenters. The number of guanidine groups is 1. The summed E-state index contributed by atoms with van der Waals surface area (Å²) in [6.45, 7) is 13.0. The molecule has 0 aliphatic carbocycles. The smallest absolute Gasteiger partial charge is 0.191 e. The highest BCUT2D eigenvalue weighted by Gasteiger charge is 2.35. The molecule has 0 saturated carbocycles. The number of nitrogens with zero attached hydrogens (tertiary/aromatic N) is 1. The summed E-state index contributed by atoms with van der Waals surface area (Å²) < 4.78 is 28.7. The lowest BCUT2D eigenvalue weighted by Gasteiger charge is -2.39. The van der Waals surface area contributed by atoms with Crippen molar-refractivity contribution in [2.75, 3.05) is 31.7 Å². The monoisotopic (exact) mass is 375 g/mol. The van der Waals surface area contributed by atoms with Gasteiger partial charge in [0.25, 0.3) is 0 Å². The molecule has 1 saturated heterocycles. The van der Waals surface area contributed by atoms with E-state index in [1.165, 1.54) is 6.26 Å². The molecule has 0 bridgehead atoms. The molecule has 1 aliphatic heterocycles. The van der Waals surface area contributed by atoms with Gasteiger partial charge < -0.3 is 15.4 Å². The van der Waals surface area contributed by atoms with E-state index in [0.717, 1.165) is 38.5 Å². The van der Waals surface area contributed by atoms with Crippen molar-refractivity contribution in [1.29, 1.82) is 0 Å². The second-order valence-electron chi connectivity index (χ2n) is 8.24. The van der Waals surface area contributed by atoms with Crippen LogP contribution in [0.2, 0.25) is 0 Å². The number of ether oxygens (including phenoxy) is 1. The minimum Gasteiger partial charge on any atom is -0.377 e. The zero-order valence-electron chi connectivity index (χ0n) is 16.8. The molecule has 0 spiro atoms. The van der Waals surface area contributed by atoms with E-state index in [0.29, 0.717) is 12.3 Å². The average Bonchev–Trinajstić information content (AvgIpc) is 2.49. The molecule has 1 aliphatic rings. The van der Waals surface area contributed by atoms with E-state index in [2.05, 4.69) is 31.4 Å². The highest BCUT2D eigenvalue weighted by molar-refractivity contribution is 7.90. The molecule has 0 aromatic carbocycles. The second-order valence-corrected chi connectivity index (χ2v) is 10.5. The van der Waals surface area contributed by atoms with Crippen LogP contribution in [0.5, 0.6) is 0 Å². The van der Waals surface area contributed by atoms with Crippen molar-refractivity contribution < 1.29 is 13.2 Å². The van der Waals surface area contributed by atoms with Crippen molar-refractivity contribution in [2.24, 2.45) is 16.3 Å². The van der Waals surface area contributed by atoms with Gasteiger partial charge in [-0.25, -0.2) is 8.42 Å². The Morgan fingerprint density at radius 2 is 2.04 bits per heavy atom. The first-order valence-corrected chi connectivity index (χ1v) is 11.4. The second kappa shape index (κ2) is 9.76. The lowest BCUT2D eigenvalue weighted by molar-refractivity contribution is -0.0823. The van der Waals surface area contributed by atoms with Crippen LogP contribution >= 0.6 is 0 Å². The maximum atomic E-state index is 11.3. The normalized spacial score (nSPS) is 24.0. The van der Waals surface area contributed by atoms with E-state index in [-0.39, 0.29) is 23.3 Å². The molecule has 0 aromatic heterocycles. The first kappa shape index (κ1) is 22.2. The molecular weight excluding hydrogens is 338 g/mol. The summed E-state index contributed by atoms with van der Waals surface area (Å²) in [5.74, 6) is 1.35. The predicted octanol–water partition coefficient (Wildman–Crippen LogP) is 2.21. The van der Waals surface area contributed by atoms with Crippen LogP contribution < -0.4 is 10.6 Å². The lowest BCUT2D eigenvalue weighted by atomic mass is 9.78. The summed E-state index contributed by atoms with van der Waals surface area (Å²) in [7, 11) is -2.94. The molecule has 0 aromatic rings. The minimum absolute atomic E-state index is 0.0496. The van der Waals surface area contributed by atoms with Crippen LogP contribution in [0.25, 0.3) is 0 Å². The van der Waals surface area contributed by atoms with Crippen molar-refractivity contribution in [3.05, 3.63) is 0 Å². The first-order chi connectivity index (χ1) is 11.5. The quantitative estimate of drug-likeness (QED) is 0.527. The molecule has 0 amide bonds. The van der Waals surface area contributed by atoms with E-state index in [1.807, 2.05) is 13.8 Å². The molecule has 25 heavy (non-hydrogen) atoms. The standard InChI is InChI=1S/C18H37N3O3S/c1-7-19-17(21-14(2)10-12-25(6,22)23)20-13-15-9-8-11-24-16(15)18(3,4)5/h14-16H,7-13H2,1-6H3,(H2,19,20,21). The Hall–Kier alpha value is -0.820. The molecule has 148 valence electrons. The Balaban J connectivity index is 2.67. The average molecular weight is 376 g/mol. The van der Waals surface area contributed by atoms with Crippen LogP contribution in [-0.4, -0.2) is 58.2 Å². The van der Waals surface area contributed by atoms with Crippen LogP contribution in [0, 0.1) is 11.3 Å². The fraction of sp³-hybridized carbons (Fsp3) is 0.944. The molecule has 7 heteroatoms. The number of rotatable bonds is 7. The summed E-state index contributed by atoms with van der Waals surface area (Å²) in [6.07, 6.45) is 4.28. The van der Waals surface area contributed by atoms with Gasteiger partial charge in [0.05, 0.1) is 11.9 Å². The highest BCUT2D eigenvalue weighted by Crippen LogP contribution is 2.34. The van der Waals surface area contributed by atoms with Gasteiger partial charge in [0, 0.05) is 37.9 Å². The molecule has 0 radical (unpaired) electrons. The van der Waals surface area contributed by atoms with E-state index >= 15 is 0 Å². The van der Waals surface area contributed by atoms with Crippen molar-refractivity contribution in [2.45, 2.75) is 66.0 Å². The van der Waals surface area contributed by atoms with E-state index < -0.39 is 9.84 Å². The number of nitrogens with one attached hydrogen (secondary N) is 2. The number of hydrogen-bond acceptors (Lipinski definition) is 4. The third kappa shape index (κ3) is 8.90. The zero-order valence-corrected chi connectivity index (χ0v) is 17.6. The lowest BCUT2D eigenvalue weighted by Crippen LogP contribution is -2.44. The zero-order chi connectivity index (χ0) is 19.1. The fourth-order valence-corrected chi connectivity index (χ4v) is 3.99. The maximum Gasteiger partial charge on any atom is 0.191 e. The Morgan fingerprint density at radius 1 is 1.36 bits per heavy atom.